The summed E-state index contributed by atoms with van der Waals surface area (Å²) in [6.07, 6.45) is 5.20. The molecule has 0 radical (unpaired) electrons. The van der Waals surface area contributed by atoms with Crippen molar-refractivity contribution in [2.75, 3.05) is 18.0 Å². The van der Waals surface area contributed by atoms with Crippen molar-refractivity contribution in [3.63, 3.8) is 0 Å². The number of hydrogen-bond acceptors (Lipinski definition) is 4. The number of nitrogens with zero attached hydrogens (tertiary/aromatic N) is 3. The highest BCUT2D eigenvalue weighted by Crippen LogP contribution is 2.32. The molecule has 5 nitrogen and oxygen atoms in total. The number of piperidine rings is 1. The van der Waals surface area contributed by atoms with Gasteiger partial charge in [0.05, 0.1) is 0 Å². The van der Waals surface area contributed by atoms with E-state index in [0.29, 0.717) is 24.3 Å². The maximum atomic E-state index is 12.8. The molecule has 0 spiro atoms. The maximum absolute atomic E-state index is 12.8. The second kappa shape index (κ2) is 10.3. The van der Waals surface area contributed by atoms with Gasteiger partial charge in [-0.25, -0.2) is 9.78 Å². The third-order valence-corrected chi connectivity index (χ3v) is 5.44. The van der Waals surface area contributed by atoms with Gasteiger partial charge in [0, 0.05) is 25.3 Å². The third-order valence-electron chi connectivity index (χ3n) is 5.44. The van der Waals surface area contributed by atoms with Crippen LogP contribution in [0.1, 0.15) is 71.0 Å². The Balaban J connectivity index is 1.77. The maximum Gasteiger partial charge on any atom is 0.416 e. The van der Waals surface area contributed by atoms with Crippen LogP contribution in [0.4, 0.5) is 10.6 Å². The van der Waals surface area contributed by atoms with Crippen LogP contribution in [-0.2, 0) is 11.3 Å². The van der Waals surface area contributed by atoms with E-state index < -0.39 is 5.60 Å². The van der Waals surface area contributed by atoms with Gasteiger partial charge in [-0.3, -0.25) is 9.80 Å². The van der Waals surface area contributed by atoms with E-state index in [1.54, 1.807) is 4.90 Å². The summed E-state index contributed by atoms with van der Waals surface area (Å²) in [5, 5.41) is 0. The van der Waals surface area contributed by atoms with E-state index in [0.717, 1.165) is 19.5 Å². The Hall–Kier alpha value is -2.40. The number of carbonyl (C=O) groups excluding carboxylic acids is 1. The summed E-state index contributed by atoms with van der Waals surface area (Å²) in [5.41, 5.74) is 2.02. The average molecular weight is 424 g/mol. The van der Waals surface area contributed by atoms with Gasteiger partial charge in [-0.1, -0.05) is 56.7 Å². The van der Waals surface area contributed by atoms with Crippen molar-refractivity contribution in [3.05, 3.63) is 59.8 Å². The molecule has 2 aromatic rings. The molecule has 2 heterocycles. The van der Waals surface area contributed by atoms with Crippen LogP contribution in [0, 0.1) is 5.92 Å². The molecule has 0 N–H and O–H groups in total. The van der Waals surface area contributed by atoms with Gasteiger partial charge < -0.3 is 4.74 Å². The van der Waals surface area contributed by atoms with Crippen molar-refractivity contribution in [1.82, 2.24) is 9.88 Å². The molecule has 0 saturated carbocycles. The Morgan fingerprint density at radius 3 is 2.52 bits per heavy atom. The number of pyridine rings is 1. The number of likely N-dealkylation sites (tertiary alicyclic amines) is 1. The van der Waals surface area contributed by atoms with E-state index >= 15 is 0 Å². The van der Waals surface area contributed by atoms with E-state index in [-0.39, 0.29) is 6.09 Å². The van der Waals surface area contributed by atoms with Crippen molar-refractivity contribution in [3.8, 4) is 0 Å². The van der Waals surface area contributed by atoms with Crippen LogP contribution in [-0.4, -0.2) is 34.7 Å². The fraction of sp³-hybridized carbons (Fsp3) is 0.538. The van der Waals surface area contributed by atoms with Crippen LogP contribution in [0.5, 0.6) is 0 Å². The van der Waals surface area contributed by atoms with Gasteiger partial charge in [0.1, 0.15) is 11.4 Å². The lowest BCUT2D eigenvalue weighted by Crippen LogP contribution is -2.39. The fourth-order valence-corrected chi connectivity index (χ4v) is 4.07. The first-order valence-corrected chi connectivity index (χ1v) is 11.5. The van der Waals surface area contributed by atoms with E-state index in [9.17, 15) is 4.79 Å². The first-order chi connectivity index (χ1) is 14.7. The molecule has 1 fully saturated rings. The summed E-state index contributed by atoms with van der Waals surface area (Å²) in [5.74, 6) is 0.964. The zero-order chi connectivity index (χ0) is 22.4. The van der Waals surface area contributed by atoms with Crippen LogP contribution < -0.4 is 4.90 Å². The van der Waals surface area contributed by atoms with Crippen molar-refractivity contribution in [2.24, 2.45) is 5.92 Å². The highest BCUT2D eigenvalue weighted by atomic mass is 16.6. The molecule has 1 aromatic carbocycles. The molecule has 0 bridgehead atoms. The first kappa shape index (κ1) is 23.3. The summed E-state index contributed by atoms with van der Waals surface area (Å²) in [6.45, 7) is 12.5. The Labute approximate surface area is 187 Å². The molecule has 1 amide bonds. The molecule has 1 aliphatic rings. The number of ether oxygens (including phenoxy) is 1. The molecule has 0 aliphatic carbocycles. The largest absolute Gasteiger partial charge is 0.443 e. The number of aromatic nitrogens is 1. The lowest BCUT2D eigenvalue weighted by atomic mass is 9.95. The number of hydrogen-bond donors (Lipinski definition) is 0. The minimum atomic E-state index is -0.535. The second-order valence-corrected chi connectivity index (χ2v) is 9.90. The van der Waals surface area contributed by atoms with E-state index in [1.807, 2.05) is 33.0 Å². The summed E-state index contributed by atoms with van der Waals surface area (Å²) >= 11 is 0. The second-order valence-electron chi connectivity index (χ2n) is 9.90. The highest BCUT2D eigenvalue weighted by molar-refractivity contribution is 5.86. The first-order valence-electron chi connectivity index (χ1n) is 11.5. The molecule has 5 heteroatoms. The number of carbonyl (C=O) groups is 1. The predicted octanol–water partition coefficient (Wildman–Crippen LogP) is 6.21. The molecular weight excluding hydrogens is 386 g/mol. The zero-order valence-corrected chi connectivity index (χ0v) is 19.7. The molecule has 1 atom stereocenters. The molecule has 31 heavy (non-hydrogen) atoms. The Kier molecular flexibility index (Phi) is 7.71. The summed E-state index contributed by atoms with van der Waals surface area (Å²) in [4.78, 5) is 21.7. The van der Waals surface area contributed by atoms with E-state index in [1.165, 1.54) is 24.0 Å². The summed E-state index contributed by atoms with van der Waals surface area (Å²) in [7, 11) is 0. The molecule has 0 unspecified atom stereocenters. The lowest BCUT2D eigenvalue weighted by molar-refractivity contribution is 0.0575. The Morgan fingerprint density at radius 1 is 1.16 bits per heavy atom. The molecule has 3 rings (SSSR count). The van der Waals surface area contributed by atoms with Crippen molar-refractivity contribution < 1.29 is 9.53 Å². The van der Waals surface area contributed by atoms with Crippen LogP contribution >= 0.6 is 0 Å². The van der Waals surface area contributed by atoms with Crippen LogP contribution in [0.2, 0.25) is 0 Å². The quantitative estimate of drug-likeness (QED) is 0.554. The average Bonchev–Trinajstić information content (AvgIpc) is 2.72. The SMILES string of the molecule is CC(C)CN(C(=O)OC(C)(C)C)c1ccc([C@H]2CCCCN2Cc2ccccc2)cn1. The van der Waals surface area contributed by atoms with Crippen LogP contribution in [0.3, 0.4) is 0 Å². The van der Waals surface area contributed by atoms with Gasteiger partial charge in [-0.05, 0) is 63.3 Å². The predicted molar refractivity (Wildman–Crippen MR) is 126 cm³/mol. The molecule has 168 valence electrons. The molecule has 1 aliphatic heterocycles. The van der Waals surface area contributed by atoms with Gasteiger partial charge in [0.25, 0.3) is 0 Å². The summed E-state index contributed by atoms with van der Waals surface area (Å²) in [6, 6.07) is 15.1. The van der Waals surface area contributed by atoms with Gasteiger partial charge in [0.15, 0.2) is 0 Å². The minimum Gasteiger partial charge on any atom is -0.443 e. The minimum absolute atomic E-state index is 0.314. The Bertz CT molecular complexity index is 828. The summed E-state index contributed by atoms with van der Waals surface area (Å²) < 4.78 is 5.62. The van der Waals surface area contributed by atoms with E-state index in [4.69, 9.17) is 9.72 Å². The Morgan fingerprint density at radius 2 is 1.90 bits per heavy atom. The van der Waals surface area contributed by atoms with Crippen molar-refractivity contribution in [1.29, 1.82) is 0 Å². The number of rotatable bonds is 6. The molecular formula is C26H37N3O2. The van der Waals surface area contributed by atoms with Gasteiger partial charge in [-0.2, -0.15) is 0 Å². The third kappa shape index (κ3) is 6.79. The van der Waals surface area contributed by atoms with Gasteiger partial charge in [0.2, 0.25) is 0 Å². The standard InChI is InChI=1S/C26H37N3O2/c1-20(2)18-29(25(30)31-26(3,4)5)24-15-14-22(17-27-24)23-13-9-10-16-28(23)19-21-11-7-6-8-12-21/h6-8,11-12,14-15,17,20,23H,9-10,13,16,18-19H2,1-5H3/t23-/m1/s1. The van der Waals surface area contributed by atoms with Crippen molar-refractivity contribution in [2.45, 2.75) is 72.1 Å². The van der Waals surface area contributed by atoms with Crippen LogP contribution in [0.25, 0.3) is 0 Å². The van der Waals surface area contributed by atoms with Crippen molar-refractivity contribution >= 4 is 11.9 Å². The zero-order valence-electron chi connectivity index (χ0n) is 19.7. The normalized spacial score (nSPS) is 17.5. The number of benzene rings is 1. The molecule has 1 aromatic heterocycles. The fourth-order valence-electron chi connectivity index (χ4n) is 4.07. The highest BCUT2D eigenvalue weighted by Gasteiger charge is 2.27. The smallest absolute Gasteiger partial charge is 0.416 e. The molecule has 1 saturated heterocycles. The van der Waals surface area contributed by atoms with Gasteiger partial charge in [-0.15, -0.1) is 0 Å². The van der Waals surface area contributed by atoms with Crippen LogP contribution in [0.15, 0.2) is 48.7 Å². The topological polar surface area (TPSA) is 45.7 Å². The van der Waals surface area contributed by atoms with E-state index in [2.05, 4.69) is 55.1 Å². The number of anilines is 1. The monoisotopic (exact) mass is 423 g/mol. The number of amides is 1. The lowest BCUT2D eigenvalue weighted by Gasteiger charge is -2.36. The van der Waals surface area contributed by atoms with Gasteiger partial charge >= 0.3 is 6.09 Å².